The van der Waals surface area contributed by atoms with Crippen molar-refractivity contribution >= 4 is 85.8 Å². The number of furan rings is 1. The van der Waals surface area contributed by atoms with Crippen molar-refractivity contribution in [3.63, 3.8) is 0 Å². The third kappa shape index (κ3) is 2.70. The average Bonchev–Trinajstić information content (AvgIpc) is 3.53. The third-order valence-electron chi connectivity index (χ3n) is 8.03. The molecule has 38 heavy (non-hydrogen) atoms. The smallest absolute Gasteiger partial charge is 0.136 e. The van der Waals surface area contributed by atoms with E-state index in [4.69, 9.17) is 4.42 Å². The van der Waals surface area contributed by atoms with Crippen molar-refractivity contribution in [2.24, 2.45) is 0 Å². The summed E-state index contributed by atoms with van der Waals surface area (Å²) < 4.78 is 8.99. The molecule has 7 aromatic carbocycles. The SMILES string of the molecule is c1ccc2c(c1)ccc1c(-c3cccc4c3sc3ccccc34)cc3cc4oc5ccccc5c4cc3c12. The van der Waals surface area contributed by atoms with Crippen LogP contribution in [0.3, 0.4) is 0 Å². The molecule has 0 aliphatic heterocycles. The number of benzene rings is 7. The highest BCUT2D eigenvalue weighted by Gasteiger charge is 2.17. The molecule has 2 heteroatoms. The number of hydrogen-bond donors (Lipinski definition) is 0. The van der Waals surface area contributed by atoms with Gasteiger partial charge in [0, 0.05) is 36.5 Å². The molecule has 0 fully saturated rings. The summed E-state index contributed by atoms with van der Waals surface area (Å²) in [5, 5.41) is 12.6. The van der Waals surface area contributed by atoms with Crippen LogP contribution in [0.25, 0.3) is 85.6 Å². The van der Waals surface area contributed by atoms with Crippen LogP contribution in [0.1, 0.15) is 0 Å². The first kappa shape index (κ1) is 20.4. The van der Waals surface area contributed by atoms with E-state index in [9.17, 15) is 0 Å². The van der Waals surface area contributed by atoms with E-state index in [2.05, 4.69) is 115 Å². The molecule has 2 heterocycles. The van der Waals surface area contributed by atoms with Gasteiger partial charge in [-0.1, -0.05) is 91.0 Å². The van der Waals surface area contributed by atoms with E-state index in [1.54, 1.807) is 0 Å². The summed E-state index contributed by atoms with van der Waals surface area (Å²) in [6.45, 7) is 0. The lowest BCUT2D eigenvalue weighted by Crippen LogP contribution is -1.87. The maximum Gasteiger partial charge on any atom is 0.136 e. The summed E-state index contributed by atoms with van der Waals surface area (Å²) in [4.78, 5) is 0. The molecule has 0 aliphatic rings. The molecule has 0 spiro atoms. The van der Waals surface area contributed by atoms with Gasteiger partial charge in [-0.25, -0.2) is 0 Å². The van der Waals surface area contributed by atoms with E-state index < -0.39 is 0 Å². The Morgan fingerprint density at radius 1 is 0.421 bits per heavy atom. The molecular weight excluding hydrogens is 480 g/mol. The number of thiophene rings is 1. The first-order valence-electron chi connectivity index (χ1n) is 12.9. The van der Waals surface area contributed by atoms with Crippen molar-refractivity contribution < 1.29 is 4.42 Å². The molecular formula is C36H20OS. The minimum absolute atomic E-state index is 0.933. The standard InChI is InChI=1S/C36H20OS/c1-2-9-23-21(8-1)16-17-26-30(28-13-7-12-27-25-11-4-6-15-34(25)38-36(27)28)18-22-19-33-31(20-29(22)35(23)26)24-10-3-5-14-32(24)37-33/h1-20H. The van der Waals surface area contributed by atoms with Gasteiger partial charge in [-0.2, -0.15) is 0 Å². The fraction of sp³-hybridized carbons (Fsp3) is 0. The number of para-hydroxylation sites is 1. The van der Waals surface area contributed by atoms with E-state index in [1.165, 1.54) is 69.0 Å². The second kappa shape index (κ2) is 7.44. The lowest BCUT2D eigenvalue weighted by molar-refractivity contribution is 0.669. The molecule has 0 radical (unpaired) electrons. The van der Waals surface area contributed by atoms with Crippen molar-refractivity contribution in [2.75, 3.05) is 0 Å². The second-order valence-corrected chi connectivity index (χ2v) is 11.1. The third-order valence-corrected chi connectivity index (χ3v) is 9.25. The molecule has 1 nitrogen and oxygen atoms in total. The first-order chi connectivity index (χ1) is 18.8. The zero-order valence-corrected chi connectivity index (χ0v) is 21.2. The van der Waals surface area contributed by atoms with Crippen molar-refractivity contribution in [1.29, 1.82) is 0 Å². The number of rotatable bonds is 1. The minimum Gasteiger partial charge on any atom is -0.456 e. The van der Waals surface area contributed by atoms with Crippen LogP contribution < -0.4 is 0 Å². The highest BCUT2D eigenvalue weighted by Crippen LogP contribution is 2.45. The van der Waals surface area contributed by atoms with Crippen LogP contribution in [0.15, 0.2) is 126 Å². The van der Waals surface area contributed by atoms with Crippen LogP contribution in [0.4, 0.5) is 0 Å². The van der Waals surface area contributed by atoms with Crippen LogP contribution in [-0.2, 0) is 0 Å². The maximum absolute atomic E-state index is 6.32. The fourth-order valence-electron chi connectivity index (χ4n) is 6.32. The normalized spacial score (nSPS) is 12.2. The Morgan fingerprint density at radius 3 is 2.16 bits per heavy atom. The van der Waals surface area contributed by atoms with Gasteiger partial charge in [0.2, 0.25) is 0 Å². The second-order valence-electron chi connectivity index (χ2n) is 10.1. The Kier molecular flexibility index (Phi) is 3.99. The number of hydrogen-bond acceptors (Lipinski definition) is 2. The van der Waals surface area contributed by atoms with E-state index in [1.807, 2.05) is 17.4 Å². The lowest BCUT2D eigenvalue weighted by Gasteiger charge is -2.14. The van der Waals surface area contributed by atoms with Crippen LogP contribution in [-0.4, -0.2) is 0 Å². The van der Waals surface area contributed by atoms with Crippen molar-refractivity contribution in [2.45, 2.75) is 0 Å². The van der Waals surface area contributed by atoms with Crippen molar-refractivity contribution in [3.8, 4) is 11.1 Å². The average molecular weight is 501 g/mol. The molecule has 0 N–H and O–H groups in total. The van der Waals surface area contributed by atoms with Gasteiger partial charge in [0.05, 0.1) is 0 Å². The van der Waals surface area contributed by atoms with E-state index in [0.717, 1.165) is 16.6 Å². The maximum atomic E-state index is 6.32. The summed E-state index contributed by atoms with van der Waals surface area (Å²) in [7, 11) is 0. The van der Waals surface area contributed by atoms with Crippen LogP contribution in [0.5, 0.6) is 0 Å². The van der Waals surface area contributed by atoms with Crippen LogP contribution in [0, 0.1) is 0 Å². The van der Waals surface area contributed by atoms with Gasteiger partial charge < -0.3 is 4.42 Å². The van der Waals surface area contributed by atoms with Gasteiger partial charge in [-0.3, -0.25) is 0 Å². The van der Waals surface area contributed by atoms with E-state index >= 15 is 0 Å². The quantitative estimate of drug-likeness (QED) is 0.204. The summed E-state index contributed by atoms with van der Waals surface area (Å²) in [5.41, 5.74) is 4.42. The first-order valence-corrected chi connectivity index (χ1v) is 13.8. The fourth-order valence-corrected chi connectivity index (χ4v) is 7.55. The Bertz CT molecular complexity index is 2400. The molecule has 0 unspecified atom stereocenters. The van der Waals surface area contributed by atoms with Gasteiger partial charge in [-0.05, 0) is 68.2 Å². The summed E-state index contributed by atoms with van der Waals surface area (Å²) in [5.74, 6) is 0. The Hall–Kier alpha value is -4.66. The van der Waals surface area contributed by atoms with Gasteiger partial charge in [0.15, 0.2) is 0 Å². The lowest BCUT2D eigenvalue weighted by atomic mass is 9.89. The zero-order valence-electron chi connectivity index (χ0n) is 20.4. The Balaban J connectivity index is 1.50. The Labute approximate surface area is 222 Å². The predicted molar refractivity (Wildman–Crippen MR) is 165 cm³/mol. The molecule has 0 atom stereocenters. The van der Waals surface area contributed by atoms with Gasteiger partial charge >= 0.3 is 0 Å². The summed E-state index contributed by atoms with van der Waals surface area (Å²) in [6.07, 6.45) is 0. The van der Waals surface area contributed by atoms with Gasteiger partial charge in [0.1, 0.15) is 11.2 Å². The number of fused-ring (bicyclic) bond motifs is 11. The minimum atomic E-state index is 0.933. The largest absolute Gasteiger partial charge is 0.456 e. The van der Waals surface area contributed by atoms with Crippen molar-refractivity contribution in [1.82, 2.24) is 0 Å². The zero-order chi connectivity index (χ0) is 24.8. The molecule has 0 amide bonds. The Morgan fingerprint density at radius 2 is 1.21 bits per heavy atom. The monoisotopic (exact) mass is 500 g/mol. The summed E-state index contributed by atoms with van der Waals surface area (Å²) in [6, 6.07) is 44.1. The van der Waals surface area contributed by atoms with Gasteiger partial charge in [-0.15, -0.1) is 11.3 Å². The van der Waals surface area contributed by atoms with E-state index in [0.29, 0.717) is 0 Å². The topological polar surface area (TPSA) is 13.1 Å². The van der Waals surface area contributed by atoms with E-state index in [-0.39, 0.29) is 0 Å². The molecule has 2 aromatic heterocycles. The molecule has 0 saturated carbocycles. The highest BCUT2D eigenvalue weighted by molar-refractivity contribution is 7.26. The molecule has 0 bridgehead atoms. The highest BCUT2D eigenvalue weighted by atomic mass is 32.1. The molecule has 176 valence electrons. The van der Waals surface area contributed by atoms with Crippen LogP contribution >= 0.6 is 11.3 Å². The molecule has 0 aliphatic carbocycles. The van der Waals surface area contributed by atoms with Crippen LogP contribution in [0.2, 0.25) is 0 Å². The molecule has 9 rings (SSSR count). The van der Waals surface area contributed by atoms with Crippen molar-refractivity contribution in [3.05, 3.63) is 121 Å². The van der Waals surface area contributed by atoms with Gasteiger partial charge in [0.25, 0.3) is 0 Å². The predicted octanol–water partition coefficient (Wildman–Crippen LogP) is 11.1. The summed E-state index contributed by atoms with van der Waals surface area (Å²) >= 11 is 1.89. The molecule has 9 aromatic rings. The molecule has 0 saturated heterocycles.